The third-order valence-corrected chi connectivity index (χ3v) is 4.60. The number of nitrogens with two attached hydrogens (primary N) is 1. The number of carbonyl (C=O) groups is 2. The predicted molar refractivity (Wildman–Crippen MR) is 93.2 cm³/mol. The molecule has 2 amide bonds. The van der Waals surface area contributed by atoms with Gasteiger partial charge >= 0.3 is 0 Å². The van der Waals surface area contributed by atoms with Crippen molar-refractivity contribution in [2.75, 3.05) is 5.32 Å². The summed E-state index contributed by atoms with van der Waals surface area (Å²) >= 11 is 1.35. The first-order chi connectivity index (χ1) is 11.5. The fourth-order valence-corrected chi connectivity index (χ4v) is 3.46. The number of aryl methyl sites for hydroxylation is 1. The average molecular weight is 340 g/mol. The van der Waals surface area contributed by atoms with Crippen LogP contribution in [-0.2, 0) is 13.5 Å². The first-order valence-electron chi connectivity index (χ1n) is 7.30. The maximum atomic E-state index is 12.3. The molecule has 6 nitrogen and oxygen atoms in total. The van der Waals surface area contributed by atoms with E-state index in [-0.39, 0.29) is 5.91 Å². The van der Waals surface area contributed by atoms with Crippen molar-refractivity contribution < 1.29 is 9.59 Å². The summed E-state index contributed by atoms with van der Waals surface area (Å²) < 4.78 is 1.47. The van der Waals surface area contributed by atoms with Crippen molar-refractivity contribution in [3.8, 4) is 0 Å². The highest BCUT2D eigenvalue weighted by Crippen LogP contribution is 2.30. The summed E-state index contributed by atoms with van der Waals surface area (Å²) in [6, 6.07) is 13.2. The predicted octanol–water partition coefficient (Wildman–Crippen LogP) is 2.42. The van der Waals surface area contributed by atoms with Gasteiger partial charge in [0.1, 0.15) is 10.7 Å². The number of nitrogens with one attached hydrogen (secondary N) is 1. The van der Waals surface area contributed by atoms with E-state index in [1.165, 1.54) is 16.0 Å². The Bertz CT molecular complexity index is 883. The van der Waals surface area contributed by atoms with Crippen molar-refractivity contribution in [3.63, 3.8) is 0 Å². The molecule has 0 atom stereocenters. The van der Waals surface area contributed by atoms with Crippen LogP contribution in [-0.4, -0.2) is 21.6 Å². The number of primary amides is 1. The molecule has 0 unspecified atom stereocenters. The van der Waals surface area contributed by atoms with Crippen LogP contribution < -0.4 is 11.1 Å². The fourth-order valence-electron chi connectivity index (χ4n) is 2.37. The molecule has 0 fully saturated rings. The van der Waals surface area contributed by atoms with Crippen LogP contribution in [0.1, 0.15) is 31.3 Å². The minimum absolute atomic E-state index is 0.321. The number of benzene rings is 1. The third kappa shape index (κ3) is 3.36. The summed E-state index contributed by atoms with van der Waals surface area (Å²) in [5.74, 6) is -0.892. The number of nitrogens with zero attached hydrogens (tertiary/aromatic N) is 2. The summed E-state index contributed by atoms with van der Waals surface area (Å²) in [4.78, 5) is 25.0. The van der Waals surface area contributed by atoms with E-state index in [0.29, 0.717) is 22.7 Å². The first-order valence-corrected chi connectivity index (χ1v) is 8.12. The smallest absolute Gasteiger partial charge is 0.274 e. The average Bonchev–Trinajstić information content (AvgIpc) is 3.14. The second kappa shape index (κ2) is 6.67. The second-order valence-electron chi connectivity index (χ2n) is 5.28. The molecule has 0 radical (unpaired) electrons. The topological polar surface area (TPSA) is 90.0 Å². The van der Waals surface area contributed by atoms with Gasteiger partial charge in [-0.25, -0.2) is 0 Å². The largest absolute Gasteiger partial charge is 0.366 e. The van der Waals surface area contributed by atoms with Gasteiger partial charge in [-0.2, -0.15) is 5.10 Å². The Balaban J connectivity index is 1.85. The Hall–Kier alpha value is -2.93. The number of hydrogen-bond acceptors (Lipinski definition) is 4. The van der Waals surface area contributed by atoms with Gasteiger partial charge in [-0.3, -0.25) is 14.3 Å². The lowest BCUT2D eigenvalue weighted by molar-refractivity contribution is 0.100. The first kappa shape index (κ1) is 15.9. The molecule has 0 saturated heterocycles. The Morgan fingerprint density at radius 2 is 2.00 bits per heavy atom. The number of rotatable bonds is 5. The number of aromatic nitrogens is 2. The maximum absolute atomic E-state index is 12.3. The van der Waals surface area contributed by atoms with E-state index in [1.807, 2.05) is 30.3 Å². The van der Waals surface area contributed by atoms with Crippen LogP contribution in [0.4, 0.5) is 5.00 Å². The van der Waals surface area contributed by atoms with Gasteiger partial charge in [-0.1, -0.05) is 30.3 Å². The molecule has 0 aliphatic carbocycles. The highest BCUT2D eigenvalue weighted by Gasteiger charge is 2.18. The summed E-state index contributed by atoms with van der Waals surface area (Å²) in [5, 5.41) is 7.18. The van der Waals surface area contributed by atoms with Gasteiger partial charge in [0.2, 0.25) is 0 Å². The minimum Gasteiger partial charge on any atom is -0.366 e. The lowest BCUT2D eigenvalue weighted by atomic mass is 10.1. The standard InChI is InChI=1S/C17H16N4O2S/c1-21-14(7-8-19-21)16(23)20-17-13(15(18)22)10-12(24-17)9-11-5-3-2-4-6-11/h2-8,10H,9H2,1H3,(H2,18,22)(H,20,23). The van der Waals surface area contributed by atoms with E-state index in [1.54, 1.807) is 25.4 Å². The monoisotopic (exact) mass is 340 g/mol. The van der Waals surface area contributed by atoms with E-state index in [0.717, 1.165) is 10.4 Å². The van der Waals surface area contributed by atoms with Crippen LogP contribution in [0.25, 0.3) is 0 Å². The molecular formula is C17H16N4O2S. The summed E-state index contributed by atoms with van der Waals surface area (Å²) in [6.07, 6.45) is 2.21. The molecule has 0 spiro atoms. The molecule has 0 aliphatic rings. The highest BCUT2D eigenvalue weighted by molar-refractivity contribution is 7.16. The van der Waals surface area contributed by atoms with Crippen LogP contribution in [0, 0.1) is 0 Å². The summed E-state index contributed by atoms with van der Waals surface area (Å²) in [5.41, 5.74) is 7.30. The van der Waals surface area contributed by atoms with Gasteiger partial charge < -0.3 is 11.1 Å². The van der Waals surface area contributed by atoms with Crippen molar-refractivity contribution in [1.29, 1.82) is 0 Å². The molecule has 2 heterocycles. The lowest BCUT2D eigenvalue weighted by Gasteiger charge is -2.04. The Morgan fingerprint density at radius 1 is 1.25 bits per heavy atom. The maximum Gasteiger partial charge on any atom is 0.274 e. The number of thiophene rings is 1. The molecule has 1 aromatic carbocycles. The highest BCUT2D eigenvalue weighted by atomic mass is 32.1. The minimum atomic E-state index is -0.564. The molecule has 3 rings (SSSR count). The zero-order valence-corrected chi connectivity index (χ0v) is 13.8. The number of amides is 2. The molecule has 7 heteroatoms. The van der Waals surface area contributed by atoms with Crippen LogP contribution in [0.15, 0.2) is 48.7 Å². The van der Waals surface area contributed by atoms with Crippen molar-refractivity contribution in [2.45, 2.75) is 6.42 Å². The van der Waals surface area contributed by atoms with Gasteiger partial charge in [-0.05, 0) is 17.7 Å². The Morgan fingerprint density at radius 3 is 2.62 bits per heavy atom. The summed E-state index contributed by atoms with van der Waals surface area (Å²) in [6.45, 7) is 0. The number of anilines is 1. The molecule has 2 aromatic heterocycles. The Kier molecular flexibility index (Phi) is 4.43. The number of hydrogen-bond donors (Lipinski definition) is 2. The van der Waals surface area contributed by atoms with Crippen LogP contribution in [0.3, 0.4) is 0 Å². The normalized spacial score (nSPS) is 10.5. The van der Waals surface area contributed by atoms with Gasteiger partial charge in [0.15, 0.2) is 0 Å². The van der Waals surface area contributed by atoms with Crippen molar-refractivity contribution >= 4 is 28.2 Å². The van der Waals surface area contributed by atoms with Crippen molar-refractivity contribution in [1.82, 2.24) is 9.78 Å². The SMILES string of the molecule is Cn1nccc1C(=O)Nc1sc(Cc2ccccc2)cc1C(N)=O. The molecule has 3 aromatic rings. The molecule has 24 heavy (non-hydrogen) atoms. The van der Waals surface area contributed by atoms with E-state index in [4.69, 9.17) is 5.73 Å². The van der Waals surface area contributed by atoms with Gasteiger partial charge in [0.25, 0.3) is 11.8 Å². The van der Waals surface area contributed by atoms with Crippen LogP contribution in [0.2, 0.25) is 0 Å². The lowest BCUT2D eigenvalue weighted by Crippen LogP contribution is -2.18. The van der Waals surface area contributed by atoms with Crippen molar-refractivity contribution in [2.24, 2.45) is 12.8 Å². The van der Waals surface area contributed by atoms with E-state index in [2.05, 4.69) is 10.4 Å². The summed E-state index contributed by atoms with van der Waals surface area (Å²) in [7, 11) is 1.68. The molecule has 3 N–H and O–H groups in total. The second-order valence-corrected chi connectivity index (χ2v) is 6.41. The van der Waals surface area contributed by atoms with E-state index >= 15 is 0 Å². The Labute approximate surface area is 142 Å². The zero-order valence-electron chi connectivity index (χ0n) is 13.0. The van der Waals surface area contributed by atoms with Gasteiger partial charge in [0, 0.05) is 24.5 Å². The van der Waals surface area contributed by atoms with E-state index in [9.17, 15) is 9.59 Å². The van der Waals surface area contributed by atoms with E-state index < -0.39 is 5.91 Å². The van der Waals surface area contributed by atoms with Gasteiger partial charge in [0.05, 0.1) is 5.56 Å². The van der Waals surface area contributed by atoms with Crippen LogP contribution >= 0.6 is 11.3 Å². The molecule has 0 aliphatic heterocycles. The molecule has 122 valence electrons. The quantitative estimate of drug-likeness (QED) is 0.747. The molecular weight excluding hydrogens is 324 g/mol. The molecule has 0 bridgehead atoms. The fraction of sp³-hybridized carbons (Fsp3) is 0.118. The van der Waals surface area contributed by atoms with Gasteiger partial charge in [-0.15, -0.1) is 11.3 Å². The third-order valence-electron chi connectivity index (χ3n) is 3.55. The van der Waals surface area contributed by atoms with Crippen LogP contribution in [0.5, 0.6) is 0 Å². The van der Waals surface area contributed by atoms with Crippen molar-refractivity contribution in [3.05, 3.63) is 70.4 Å². The molecule has 0 saturated carbocycles. The number of carbonyl (C=O) groups excluding carboxylic acids is 2. The zero-order chi connectivity index (χ0) is 17.1.